The van der Waals surface area contributed by atoms with Crippen LogP contribution in [0.5, 0.6) is 0 Å². The molecule has 1 aliphatic heterocycles. The van der Waals surface area contributed by atoms with Gasteiger partial charge < -0.3 is 29.9 Å². The van der Waals surface area contributed by atoms with E-state index in [0.29, 0.717) is 0 Å². The number of hydrogen-bond acceptors (Lipinski definition) is 6. The fraction of sp³-hybridized carbons (Fsp3) is 1.00. The van der Waals surface area contributed by atoms with Crippen LogP contribution in [0.3, 0.4) is 0 Å². The Kier molecular flexibility index (Phi) is 2.30. The molecule has 82 valence electrons. The van der Waals surface area contributed by atoms with Crippen LogP contribution in [0.15, 0.2) is 0 Å². The predicted molar refractivity (Wildman–Crippen MR) is 43.2 cm³/mol. The summed E-state index contributed by atoms with van der Waals surface area (Å²) in [6.07, 6.45) is -3.94. The highest BCUT2D eigenvalue weighted by atomic mass is 16.7. The molecular formula is C8H14O6. The summed E-state index contributed by atoms with van der Waals surface area (Å²) in [5, 5.41) is 37.7. The fourth-order valence-electron chi connectivity index (χ4n) is 2.17. The molecule has 0 aromatic carbocycles. The van der Waals surface area contributed by atoms with Gasteiger partial charge in [0, 0.05) is 7.11 Å². The van der Waals surface area contributed by atoms with E-state index in [9.17, 15) is 15.3 Å². The first-order valence-electron chi connectivity index (χ1n) is 4.45. The van der Waals surface area contributed by atoms with E-state index in [1.165, 1.54) is 7.11 Å². The lowest BCUT2D eigenvalue weighted by atomic mass is 10.0. The number of fused-ring (bicyclic) bond motifs is 1. The van der Waals surface area contributed by atoms with Crippen molar-refractivity contribution in [2.45, 2.75) is 30.2 Å². The molecule has 0 bridgehead atoms. The van der Waals surface area contributed by atoms with Crippen LogP contribution >= 0.6 is 0 Å². The Morgan fingerprint density at radius 2 is 2.07 bits per heavy atom. The van der Waals surface area contributed by atoms with Crippen molar-refractivity contribution in [3.8, 4) is 0 Å². The zero-order valence-corrected chi connectivity index (χ0v) is 7.70. The fourth-order valence-corrected chi connectivity index (χ4v) is 2.17. The van der Waals surface area contributed by atoms with Gasteiger partial charge in [-0.25, -0.2) is 0 Å². The first-order chi connectivity index (χ1) is 6.57. The quantitative estimate of drug-likeness (QED) is 0.396. The molecule has 4 N–H and O–H groups in total. The van der Waals surface area contributed by atoms with E-state index in [2.05, 4.69) is 0 Å². The Hall–Kier alpha value is -0.240. The molecule has 1 saturated heterocycles. The molecule has 0 spiro atoms. The second-order valence-corrected chi connectivity index (χ2v) is 3.76. The molecular weight excluding hydrogens is 192 g/mol. The highest BCUT2D eigenvalue weighted by Crippen LogP contribution is 2.53. The van der Waals surface area contributed by atoms with Crippen LogP contribution in [-0.2, 0) is 9.47 Å². The van der Waals surface area contributed by atoms with Crippen LogP contribution in [0, 0.1) is 5.92 Å². The maximum Gasteiger partial charge on any atom is 0.184 e. The van der Waals surface area contributed by atoms with Crippen LogP contribution in [0.4, 0.5) is 0 Å². The average molecular weight is 206 g/mol. The molecule has 2 aliphatic rings. The molecule has 1 aliphatic carbocycles. The monoisotopic (exact) mass is 206 g/mol. The Bertz CT molecular complexity index is 230. The lowest BCUT2D eigenvalue weighted by Gasteiger charge is -2.34. The van der Waals surface area contributed by atoms with Gasteiger partial charge in [-0.2, -0.15) is 0 Å². The van der Waals surface area contributed by atoms with Gasteiger partial charge in [0.2, 0.25) is 0 Å². The Balaban J connectivity index is 2.18. The van der Waals surface area contributed by atoms with Crippen molar-refractivity contribution in [1.82, 2.24) is 0 Å². The van der Waals surface area contributed by atoms with Gasteiger partial charge in [0.25, 0.3) is 0 Å². The van der Waals surface area contributed by atoms with Crippen molar-refractivity contribution >= 4 is 0 Å². The molecule has 6 heteroatoms. The van der Waals surface area contributed by atoms with Gasteiger partial charge in [-0.3, -0.25) is 0 Å². The van der Waals surface area contributed by atoms with E-state index in [-0.39, 0.29) is 0 Å². The molecule has 2 rings (SSSR count). The van der Waals surface area contributed by atoms with Gasteiger partial charge in [0.05, 0.1) is 18.6 Å². The first-order valence-corrected chi connectivity index (χ1v) is 4.45. The van der Waals surface area contributed by atoms with Gasteiger partial charge in [-0.1, -0.05) is 0 Å². The first kappa shape index (κ1) is 10.3. The van der Waals surface area contributed by atoms with Gasteiger partial charge >= 0.3 is 0 Å². The Labute approximate surface area is 80.7 Å². The molecule has 0 radical (unpaired) electrons. The summed E-state index contributed by atoms with van der Waals surface area (Å²) >= 11 is 0. The zero-order chi connectivity index (χ0) is 10.5. The van der Waals surface area contributed by atoms with Crippen molar-refractivity contribution in [2.75, 3.05) is 13.7 Å². The molecule has 14 heavy (non-hydrogen) atoms. The number of aliphatic hydroxyl groups is 4. The van der Waals surface area contributed by atoms with Crippen molar-refractivity contribution < 1.29 is 29.9 Å². The van der Waals surface area contributed by atoms with Gasteiger partial charge in [0.1, 0.15) is 17.8 Å². The second-order valence-electron chi connectivity index (χ2n) is 3.76. The lowest BCUT2D eigenvalue weighted by molar-refractivity contribution is -0.265. The minimum absolute atomic E-state index is 0.420. The molecule has 0 aromatic heterocycles. The van der Waals surface area contributed by atoms with Crippen LogP contribution in [0.25, 0.3) is 0 Å². The molecule has 5 unspecified atom stereocenters. The molecule has 1 saturated carbocycles. The highest BCUT2D eigenvalue weighted by Gasteiger charge is 2.75. The van der Waals surface area contributed by atoms with E-state index in [0.717, 1.165) is 0 Å². The van der Waals surface area contributed by atoms with Crippen LogP contribution in [0.2, 0.25) is 0 Å². The zero-order valence-electron chi connectivity index (χ0n) is 7.70. The summed E-state index contributed by atoms with van der Waals surface area (Å²) in [7, 11) is 1.35. The number of rotatable bonds is 2. The van der Waals surface area contributed by atoms with Crippen molar-refractivity contribution in [3.63, 3.8) is 0 Å². The molecule has 2 fully saturated rings. The molecule has 0 aromatic rings. The van der Waals surface area contributed by atoms with Crippen molar-refractivity contribution in [3.05, 3.63) is 0 Å². The summed E-state index contributed by atoms with van der Waals surface area (Å²) in [5.41, 5.74) is -1.52. The van der Waals surface area contributed by atoms with Crippen molar-refractivity contribution in [2.24, 2.45) is 5.92 Å². The normalized spacial score (nSPS) is 56.8. The van der Waals surface area contributed by atoms with Crippen LogP contribution < -0.4 is 0 Å². The number of hydrogen-bond donors (Lipinski definition) is 4. The van der Waals surface area contributed by atoms with Crippen molar-refractivity contribution in [1.29, 1.82) is 0 Å². The van der Waals surface area contributed by atoms with E-state index >= 15 is 0 Å². The third kappa shape index (κ3) is 1.06. The van der Waals surface area contributed by atoms with Crippen LogP contribution in [0.1, 0.15) is 0 Å². The van der Waals surface area contributed by atoms with Gasteiger partial charge in [0.15, 0.2) is 6.29 Å². The summed E-state index contributed by atoms with van der Waals surface area (Å²) in [4.78, 5) is 0. The van der Waals surface area contributed by atoms with Gasteiger partial charge in [-0.15, -0.1) is 0 Å². The maximum atomic E-state index is 9.81. The minimum atomic E-state index is -1.52. The third-order valence-corrected chi connectivity index (χ3v) is 3.10. The van der Waals surface area contributed by atoms with E-state index in [1.54, 1.807) is 0 Å². The standard InChI is InChI=1S/C8H14O6/c1-13-7-5(10)4-6(11)8(4,12)3(2-9)14-7/h3-7,9-12H,2H2,1H3/t3?,4?,5?,6?,7-,8?/m1/s1. The molecule has 1 heterocycles. The predicted octanol–water partition coefficient (Wildman–Crippen LogP) is -2.57. The lowest BCUT2D eigenvalue weighted by Crippen LogP contribution is -2.51. The summed E-state index contributed by atoms with van der Waals surface area (Å²) in [5.74, 6) is -0.696. The largest absolute Gasteiger partial charge is 0.394 e. The number of ether oxygens (including phenoxy) is 2. The van der Waals surface area contributed by atoms with E-state index in [4.69, 9.17) is 14.6 Å². The van der Waals surface area contributed by atoms with Crippen LogP contribution in [-0.4, -0.2) is 64.3 Å². The molecule has 0 amide bonds. The SMILES string of the molecule is CO[C@@H]1OC(CO)C2(O)C(O)C2C1O. The minimum Gasteiger partial charge on any atom is -0.394 e. The number of methoxy groups -OCH3 is 1. The average Bonchev–Trinajstić information content (AvgIpc) is 2.72. The topological polar surface area (TPSA) is 99.4 Å². The molecule has 6 nitrogen and oxygen atoms in total. The third-order valence-electron chi connectivity index (χ3n) is 3.10. The van der Waals surface area contributed by atoms with E-state index < -0.39 is 42.7 Å². The Morgan fingerprint density at radius 1 is 1.43 bits per heavy atom. The molecule has 6 atom stereocenters. The van der Waals surface area contributed by atoms with Gasteiger partial charge in [-0.05, 0) is 0 Å². The summed E-state index contributed by atoms with van der Waals surface area (Å²) in [6.45, 7) is -0.420. The Morgan fingerprint density at radius 3 is 2.57 bits per heavy atom. The summed E-state index contributed by atoms with van der Waals surface area (Å²) < 4.78 is 9.91. The second kappa shape index (κ2) is 3.13. The highest BCUT2D eigenvalue weighted by molar-refractivity contribution is 5.22. The maximum absolute atomic E-state index is 9.81. The summed E-state index contributed by atoms with van der Waals surface area (Å²) in [6, 6.07) is 0. The van der Waals surface area contributed by atoms with E-state index in [1.807, 2.05) is 0 Å². The smallest absolute Gasteiger partial charge is 0.184 e. The number of aliphatic hydroxyl groups excluding tert-OH is 3.